The summed E-state index contributed by atoms with van der Waals surface area (Å²) >= 11 is 5.87. The summed E-state index contributed by atoms with van der Waals surface area (Å²) in [5.41, 5.74) is 1.49. The van der Waals surface area contributed by atoms with Crippen LogP contribution in [0.4, 0.5) is 5.82 Å². The summed E-state index contributed by atoms with van der Waals surface area (Å²) in [6.07, 6.45) is 4.48. The number of nitrogens with zero attached hydrogens (tertiary/aromatic N) is 4. The van der Waals surface area contributed by atoms with Crippen molar-refractivity contribution in [3.8, 4) is 0 Å². The van der Waals surface area contributed by atoms with Crippen LogP contribution >= 0.6 is 11.6 Å². The summed E-state index contributed by atoms with van der Waals surface area (Å²) in [5.74, 6) is 0.201. The molecule has 2 heterocycles. The van der Waals surface area contributed by atoms with Gasteiger partial charge in [0.1, 0.15) is 5.52 Å². The Bertz CT molecular complexity index is 1190. The van der Waals surface area contributed by atoms with Gasteiger partial charge in [0.25, 0.3) is 5.56 Å². The van der Waals surface area contributed by atoms with Gasteiger partial charge in [-0.1, -0.05) is 12.1 Å². The molecule has 0 atom stereocenters. The molecule has 8 nitrogen and oxygen atoms in total. The van der Waals surface area contributed by atoms with Crippen LogP contribution in [0.5, 0.6) is 0 Å². The van der Waals surface area contributed by atoms with Gasteiger partial charge >= 0.3 is 0 Å². The molecule has 0 amide bonds. The molecular weight excluding hydrogens is 390 g/mol. The normalized spacial score (nSPS) is 14.4. The molecule has 2 aromatic heterocycles. The maximum Gasteiger partial charge on any atom is 0.295 e. The first-order valence-electron chi connectivity index (χ1n) is 8.30. The SMILES string of the molecule is CS(=O)(=O)c1ccc(CNc2nc3cnc(Cl)nc3n(C3CC3)c2=O)cc1. The van der Waals surface area contributed by atoms with E-state index in [1.165, 1.54) is 6.20 Å². The molecular formula is C17H16ClN5O3S. The first kappa shape index (κ1) is 17.9. The fourth-order valence-electron chi connectivity index (χ4n) is 2.81. The van der Waals surface area contributed by atoms with Gasteiger partial charge in [-0.15, -0.1) is 0 Å². The van der Waals surface area contributed by atoms with E-state index in [2.05, 4.69) is 20.3 Å². The number of nitrogens with one attached hydrogen (secondary N) is 1. The minimum atomic E-state index is -3.24. The van der Waals surface area contributed by atoms with Gasteiger partial charge in [-0.25, -0.2) is 18.4 Å². The van der Waals surface area contributed by atoms with Crippen molar-refractivity contribution in [2.45, 2.75) is 30.3 Å². The number of aromatic nitrogens is 4. The predicted octanol–water partition coefficient (Wildman–Crippen LogP) is 2.19. The molecule has 3 aromatic rings. The average Bonchev–Trinajstić information content (AvgIpc) is 3.44. The first-order valence-corrected chi connectivity index (χ1v) is 10.6. The molecule has 0 bridgehead atoms. The number of fused-ring (bicyclic) bond motifs is 1. The van der Waals surface area contributed by atoms with Crippen LogP contribution in [0, 0.1) is 0 Å². The molecule has 0 unspecified atom stereocenters. The Labute approximate surface area is 160 Å². The Kier molecular flexibility index (Phi) is 4.35. The second-order valence-electron chi connectivity index (χ2n) is 6.48. The lowest BCUT2D eigenvalue weighted by Crippen LogP contribution is -2.25. The van der Waals surface area contributed by atoms with Gasteiger partial charge in [0, 0.05) is 18.8 Å². The molecule has 1 aliphatic rings. The monoisotopic (exact) mass is 405 g/mol. The quantitative estimate of drug-likeness (QED) is 0.648. The molecule has 1 aliphatic carbocycles. The smallest absolute Gasteiger partial charge is 0.295 e. The number of sulfone groups is 1. The van der Waals surface area contributed by atoms with Crippen LogP contribution in [0.25, 0.3) is 11.2 Å². The zero-order valence-electron chi connectivity index (χ0n) is 14.4. The fourth-order valence-corrected chi connectivity index (χ4v) is 3.57. The van der Waals surface area contributed by atoms with Gasteiger partial charge in [-0.05, 0) is 42.1 Å². The Morgan fingerprint density at radius 2 is 1.93 bits per heavy atom. The van der Waals surface area contributed by atoms with Crippen LogP contribution in [0.3, 0.4) is 0 Å². The van der Waals surface area contributed by atoms with Crippen LogP contribution in [0.1, 0.15) is 24.4 Å². The van der Waals surface area contributed by atoms with Crippen molar-refractivity contribution in [2.24, 2.45) is 0 Å². The molecule has 0 radical (unpaired) electrons. The molecule has 0 spiro atoms. The van der Waals surface area contributed by atoms with Gasteiger partial charge in [-0.3, -0.25) is 9.36 Å². The molecule has 10 heteroatoms. The lowest BCUT2D eigenvalue weighted by molar-refractivity contribution is 0.602. The molecule has 1 fully saturated rings. The Hall–Kier alpha value is -2.52. The molecule has 1 N–H and O–H groups in total. The number of benzene rings is 1. The van der Waals surface area contributed by atoms with Crippen molar-refractivity contribution < 1.29 is 8.42 Å². The highest BCUT2D eigenvalue weighted by atomic mass is 35.5. The minimum Gasteiger partial charge on any atom is -0.361 e. The van der Waals surface area contributed by atoms with Gasteiger partial charge in [0.2, 0.25) is 5.28 Å². The van der Waals surface area contributed by atoms with Crippen LogP contribution in [-0.4, -0.2) is 34.2 Å². The first-order chi connectivity index (χ1) is 12.8. The topological polar surface area (TPSA) is 107 Å². The standard InChI is InChI=1S/C17H16ClN5O3S/c1-27(25,26)12-6-2-10(3-7-12)8-19-14-16(24)23(11-4-5-11)15-13(21-14)9-20-17(18)22-15/h2-3,6-7,9,11H,4-5,8H2,1H3,(H,19,21). The molecule has 140 valence electrons. The molecule has 4 rings (SSSR count). The van der Waals surface area contributed by atoms with Crippen molar-refractivity contribution in [3.63, 3.8) is 0 Å². The third kappa shape index (κ3) is 3.65. The van der Waals surface area contributed by atoms with E-state index < -0.39 is 9.84 Å². The Balaban J connectivity index is 1.65. The van der Waals surface area contributed by atoms with Gasteiger partial charge < -0.3 is 5.32 Å². The van der Waals surface area contributed by atoms with Crippen molar-refractivity contribution in [1.29, 1.82) is 0 Å². The van der Waals surface area contributed by atoms with Crippen LogP contribution in [-0.2, 0) is 16.4 Å². The number of halogens is 1. The zero-order chi connectivity index (χ0) is 19.2. The number of hydrogen-bond donors (Lipinski definition) is 1. The highest BCUT2D eigenvalue weighted by molar-refractivity contribution is 7.90. The second-order valence-corrected chi connectivity index (χ2v) is 8.84. The van der Waals surface area contributed by atoms with E-state index in [-0.39, 0.29) is 27.6 Å². The van der Waals surface area contributed by atoms with Crippen molar-refractivity contribution >= 4 is 38.4 Å². The van der Waals surface area contributed by atoms with Crippen molar-refractivity contribution in [2.75, 3.05) is 11.6 Å². The summed E-state index contributed by atoms with van der Waals surface area (Å²) in [5, 5.41) is 3.11. The van der Waals surface area contributed by atoms with E-state index in [0.717, 1.165) is 24.7 Å². The Morgan fingerprint density at radius 3 is 2.56 bits per heavy atom. The summed E-state index contributed by atoms with van der Waals surface area (Å²) in [6.45, 7) is 0.330. The van der Waals surface area contributed by atoms with E-state index in [1.807, 2.05) is 0 Å². The second kappa shape index (κ2) is 6.58. The third-order valence-electron chi connectivity index (χ3n) is 4.33. The van der Waals surface area contributed by atoms with Gasteiger partial charge in [0.05, 0.1) is 11.1 Å². The van der Waals surface area contributed by atoms with E-state index in [4.69, 9.17) is 11.6 Å². The highest BCUT2D eigenvalue weighted by Gasteiger charge is 2.28. The number of rotatable bonds is 5. The molecule has 0 saturated heterocycles. The highest BCUT2D eigenvalue weighted by Crippen LogP contribution is 2.35. The number of hydrogen-bond acceptors (Lipinski definition) is 7. The van der Waals surface area contributed by atoms with Crippen molar-refractivity contribution in [1.82, 2.24) is 19.5 Å². The largest absolute Gasteiger partial charge is 0.361 e. The van der Waals surface area contributed by atoms with E-state index >= 15 is 0 Å². The average molecular weight is 406 g/mol. The van der Waals surface area contributed by atoms with Crippen LogP contribution < -0.4 is 10.9 Å². The maximum absolute atomic E-state index is 12.8. The molecule has 0 aliphatic heterocycles. The lowest BCUT2D eigenvalue weighted by atomic mass is 10.2. The van der Waals surface area contributed by atoms with E-state index in [1.54, 1.807) is 28.8 Å². The van der Waals surface area contributed by atoms with Crippen LogP contribution in [0.15, 0.2) is 40.2 Å². The minimum absolute atomic E-state index is 0.0739. The summed E-state index contributed by atoms with van der Waals surface area (Å²) < 4.78 is 24.7. The molecule has 1 aromatic carbocycles. The molecule has 1 saturated carbocycles. The van der Waals surface area contributed by atoms with E-state index in [9.17, 15) is 13.2 Å². The predicted molar refractivity (Wildman–Crippen MR) is 102 cm³/mol. The van der Waals surface area contributed by atoms with Crippen molar-refractivity contribution in [3.05, 3.63) is 51.7 Å². The fraction of sp³-hybridized carbons (Fsp3) is 0.294. The number of anilines is 1. The zero-order valence-corrected chi connectivity index (χ0v) is 16.0. The van der Waals surface area contributed by atoms with Gasteiger partial charge in [-0.2, -0.15) is 4.98 Å². The van der Waals surface area contributed by atoms with Gasteiger partial charge in [0.15, 0.2) is 21.3 Å². The van der Waals surface area contributed by atoms with Crippen LogP contribution in [0.2, 0.25) is 5.28 Å². The lowest BCUT2D eigenvalue weighted by Gasteiger charge is -2.12. The maximum atomic E-state index is 12.8. The Morgan fingerprint density at radius 1 is 1.22 bits per heavy atom. The molecule has 27 heavy (non-hydrogen) atoms. The summed E-state index contributed by atoms with van der Waals surface area (Å²) in [7, 11) is -3.24. The summed E-state index contributed by atoms with van der Waals surface area (Å²) in [6, 6.07) is 6.58. The van der Waals surface area contributed by atoms with E-state index in [0.29, 0.717) is 17.7 Å². The summed E-state index contributed by atoms with van der Waals surface area (Å²) in [4.78, 5) is 25.5. The third-order valence-corrected chi connectivity index (χ3v) is 5.64.